The molecule has 1 aromatic carbocycles. The summed E-state index contributed by atoms with van der Waals surface area (Å²) in [4.78, 5) is 4.18. The third-order valence-corrected chi connectivity index (χ3v) is 2.46. The van der Waals surface area contributed by atoms with Crippen LogP contribution in [0.25, 0.3) is 11.1 Å². The number of nitrogens with zero attached hydrogens (tertiary/aromatic N) is 2. The first-order chi connectivity index (χ1) is 9.15. The van der Waals surface area contributed by atoms with E-state index < -0.39 is 0 Å². The maximum atomic E-state index is 5.77. The minimum atomic E-state index is 0.114. The van der Waals surface area contributed by atoms with Crippen molar-refractivity contribution < 1.29 is 0 Å². The Morgan fingerprint density at radius 1 is 1.26 bits per heavy atom. The molecule has 0 fully saturated rings. The summed E-state index contributed by atoms with van der Waals surface area (Å²) < 4.78 is 0. The highest BCUT2D eigenvalue weighted by Gasteiger charge is 1.99. The summed E-state index contributed by atoms with van der Waals surface area (Å²) in [5.74, 6) is 0. The van der Waals surface area contributed by atoms with Crippen LogP contribution in [0.3, 0.4) is 0 Å². The fourth-order valence-corrected chi connectivity index (χ4v) is 1.63. The second kappa shape index (κ2) is 5.92. The standard InChI is InChI=1S/C13H13N5S/c14-11-3-1-2-9(6-11)10-4-5-16-12(7-10)8-17-18-13(15)19/h1-8H,14H2,(H3,15,18,19)/b17-8+. The second-order valence-electron chi connectivity index (χ2n) is 3.83. The Labute approximate surface area is 116 Å². The van der Waals surface area contributed by atoms with Crippen LogP contribution in [0.5, 0.6) is 0 Å². The molecule has 0 aliphatic heterocycles. The van der Waals surface area contributed by atoms with Crippen molar-refractivity contribution in [1.82, 2.24) is 10.4 Å². The van der Waals surface area contributed by atoms with Crippen molar-refractivity contribution in [2.24, 2.45) is 10.8 Å². The molecule has 0 bridgehead atoms. The third-order valence-electron chi connectivity index (χ3n) is 2.37. The molecule has 0 saturated heterocycles. The van der Waals surface area contributed by atoms with E-state index in [1.807, 2.05) is 36.4 Å². The van der Waals surface area contributed by atoms with Gasteiger partial charge >= 0.3 is 0 Å². The molecule has 1 aromatic heterocycles. The molecule has 2 aromatic rings. The first kappa shape index (κ1) is 13.0. The number of hydrogen-bond donors (Lipinski definition) is 3. The van der Waals surface area contributed by atoms with Gasteiger partial charge in [-0.1, -0.05) is 12.1 Å². The molecule has 0 amide bonds. The molecule has 0 radical (unpaired) electrons. The summed E-state index contributed by atoms with van der Waals surface area (Å²) in [6, 6.07) is 11.5. The Bertz CT molecular complexity index is 624. The summed E-state index contributed by atoms with van der Waals surface area (Å²) in [6.07, 6.45) is 3.26. The number of hydrazone groups is 1. The number of nitrogens with one attached hydrogen (secondary N) is 1. The van der Waals surface area contributed by atoms with E-state index in [-0.39, 0.29) is 5.11 Å². The number of anilines is 1. The van der Waals surface area contributed by atoms with Crippen molar-refractivity contribution in [2.45, 2.75) is 0 Å². The lowest BCUT2D eigenvalue weighted by Crippen LogP contribution is -2.24. The predicted molar refractivity (Wildman–Crippen MR) is 81.6 cm³/mol. The average Bonchev–Trinajstić information content (AvgIpc) is 2.39. The first-order valence-electron chi connectivity index (χ1n) is 5.55. The predicted octanol–water partition coefficient (Wildman–Crippen LogP) is 1.50. The highest BCUT2D eigenvalue weighted by atomic mass is 32.1. The fraction of sp³-hybridized carbons (Fsp3) is 0. The third kappa shape index (κ3) is 3.75. The monoisotopic (exact) mass is 271 g/mol. The summed E-state index contributed by atoms with van der Waals surface area (Å²) in [6.45, 7) is 0. The molecule has 5 N–H and O–H groups in total. The van der Waals surface area contributed by atoms with E-state index in [0.717, 1.165) is 16.8 Å². The second-order valence-corrected chi connectivity index (χ2v) is 4.27. The van der Waals surface area contributed by atoms with Crippen molar-refractivity contribution in [3.63, 3.8) is 0 Å². The largest absolute Gasteiger partial charge is 0.399 e. The van der Waals surface area contributed by atoms with E-state index in [9.17, 15) is 0 Å². The molecular formula is C13H13N5S. The zero-order valence-electron chi connectivity index (χ0n) is 10.1. The van der Waals surface area contributed by atoms with Crippen LogP contribution in [0.15, 0.2) is 47.7 Å². The van der Waals surface area contributed by atoms with Gasteiger partial charge in [-0.25, -0.2) is 0 Å². The van der Waals surface area contributed by atoms with E-state index in [1.54, 1.807) is 12.4 Å². The molecular weight excluding hydrogens is 258 g/mol. The maximum Gasteiger partial charge on any atom is 0.184 e. The first-order valence-corrected chi connectivity index (χ1v) is 5.96. The number of rotatable bonds is 3. The summed E-state index contributed by atoms with van der Waals surface area (Å²) in [5.41, 5.74) is 17.0. The average molecular weight is 271 g/mol. The Kier molecular flexibility index (Phi) is 4.04. The number of pyridine rings is 1. The molecule has 5 nitrogen and oxygen atoms in total. The molecule has 6 heteroatoms. The van der Waals surface area contributed by atoms with Crippen molar-refractivity contribution in [2.75, 3.05) is 5.73 Å². The Morgan fingerprint density at radius 2 is 2.05 bits per heavy atom. The lowest BCUT2D eigenvalue weighted by Gasteiger charge is -2.03. The molecule has 0 atom stereocenters. The number of nitrogen functional groups attached to an aromatic ring is 1. The summed E-state index contributed by atoms with van der Waals surface area (Å²) >= 11 is 4.65. The van der Waals surface area contributed by atoms with Gasteiger partial charge in [-0.15, -0.1) is 0 Å². The van der Waals surface area contributed by atoms with Crippen molar-refractivity contribution in [1.29, 1.82) is 0 Å². The quantitative estimate of drug-likeness (QED) is 0.341. The smallest absolute Gasteiger partial charge is 0.184 e. The number of hydrogen-bond acceptors (Lipinski definition) is 4. The van der Waals surface area contributed by atoms with Crippen molar-refractivity contribution in [3.05, 3.63) is 48.3 Å². The number of thiocarbonyl (C=S) groups is 1. The SMILES string of the molecule is NC(=S)N/N=C/c1cc(-c2cccc(N)c2)ccn1. The molecule has 0 unspecified atom stereocenters. The minimum Gasteiger partial charge on any atom is -0.399 e. The lowest BCUT2D eigenvalue weighted by molar-refractivity contribution is 1.04. The van der Waals surface area contributed by atoms with Gasteiger partial charge in [0, 0.05) is 11.9 Å². The number of benzene rings is 1. The van der Waals surface area contributed by atoms with Crippen LogP contribution in [-0.2, 0) is 0 Å². The Balaban J connectivity index is 2.24. The Morgan fingerprint density at radius 3 is 2.79 bits per heavy atom. The van der Waals surface area contributed by atoms with Gasteiger partial charge in [0.2, 0.25) is 0 Å². The van der Waals surface area contributed by atoms with Gasteiger partial charge in [-0.2, -0.15) is 5.10 Å². The van der Waals surface area contributed by atoms with Gasteiger partial charge in [0.15, 0.2) is 5.11 Å². The molecule has 19 heavy (non-hydrogen) atoms. The minimum absolute atomic E-state index is 0.114. The molecule has 0 saturated carbocycles. The van der Waals surface area contributed by atoms with Gasteiger partial charge in [0.1, 0.15) is 0 Å². The maximum absolute atomic E-state index is 5.77. The van der Waals surface area contributed by atoms with Crippen LogP contribution >= 0.6 is 12.2 Å². The van der Waals surface area contributed by atoms with Gasteiger partial charge in [0.25, 0.3) is 0 Å². The van der Waals surface area contributed by atoms with Gasteiger partial charge in [0.05, 0.1) is 11.9 Å². The van der Waals surface area contributed by atoms with E-state index in [1.165, 1.54) is 0 Å². The zero-order chi connectivity index (χ0) is 13.7. The van der Waals surface area contributed by atoms with Gasteiger partial charge in [-0.3, -0.25) is 10.4 Å². The zero-order valence-corrected chi connectivity index (χ0v) is 10.9. The fourth-order valence-electron chi connectivity index (χ4n) is 1.58. The normalized spacial score (nSPS) is 10.5. The van der Waals surface area contributed by atoms with Crippen LogP contribution in [0.4, 0.5) is 5.69 Å². The molecule has 2 rings (SSSR count). The van der Waals surface area contributed by atoms with Crippen LogP contribution in [-0.4, -0.2) is 16.3 Å². The molecule has 0 aliphatic rings. The summed E-state index contributed by atoms with van der Waals surface area (Å²) in [7, 11) is 0. The van der Waals surface area contributed by atoms with Crippen LogP contribution in [0.2, 0.25) is 0 Å². The Hall–Kier alpha value is -2.47. The van der Waals surface area contributed by atoms with Crippen molar-refractivity contribution in [3.8, 4) is 11.1 Å². The van der Waals surface area contributed by atoms with E-state index in [4.69, 9.17) is 11.5 Å². The van der Waals surface area contributed by atoms with E-state index in [2.05, 4.69) is 27.7 Å². The molecule has 1 heterocycles. The highest BCUT2D eigenvalue weighted by molar-refractivity contribution is 7.80. The summed E-state index contributed by atoms with van der Waals surface area (Å²) in [5, 5.41) is 3.98. The van der Waals surface area contributed by atoms with Crippen LogP contribution < -0.4 is 16.9 Å². The molecule has 0 spiro atoms. The number of nitrogens with two attached hydrogens (primary N) is 2. The van der Waals surface area contributed by atoms with Crippen LogP contribution in [0, 0.1) is 0 Å². The molecule has 0 aliphatic carbocycles. The van der Waals surface area contributed by atoms with Gasteiger partial charge < -0.3 is 11.5 Å². The highest BCUT2D eigenvalue weighted by Crippen LogP contribution is 2.21. The van der Waals surface area contributed by atoms with Crippen molar-refractivity contribution >= 4 is 29.2 Å². The van der Waals surface area contributed by atoms with E-state index >= 15 is 0 Å². The molecule has 96 valence electrons. The van der Waals surface area contributed by atoms with Gasteiger partial charge in [-0.05, 0) is 47.6 Å². The topological polar surface area (TPSA) is 89.3 Å². The van der Waals surface area contributed by atoms with Crippen LogP contribution in [0.1, 0.15) is 5.69 Å². The van der Waals surface area contributed by atoms with E-state index in [0.29, 0.717) is 5.69 Å². The lowest BCUT2D eigenvalue weighted by atomic mass is 10.1. The number of aromatic nitrogens is 1.